The van der Waals surface area contributed by atoms with Crippen molar-refractivity contribution in [2.24, 2.45) is 40.9 Å². The maximum atomic E-state index is 13.8. The molecule has 210 valence electrons. The molecule has 3 aliphatic carbocycles. The number of rotatable bonds is 7. The Hall–Kier alpha value is -2.69. The number of ether oxygens (including phenoxy) is 2. The van der Waals surface area contributed by atoms with Gasteiger partial charge in [0.05, 0.1) is 12.5 Å². The number of halogens is 1. The fraction of sp³-hybridized carbons (Fsp3) is 0.588. The number of hydrogen-bond donors (Lipinski definition) is 0. The van der Waals surface area contributed by atoms with E-state index in [4.69, 9.17) is 9.47 Å². The molecule has 1 saturated heterocycles. The molecule has 1 heterocycles. The van der Waals surface area contributed by atoms with Crippen molar-refractivity contribution in [3.8, 4) is 0 Å². The average Bonchev–Trinajstić information content (AvgIpc) is 3.13. The summed E-state index contributed by atoms with van der Waals surface area (Å²) in [5.41, 5.74) is 3.17. The van der Waals surface area contributed by atoms with Crippen LogP contribution in [0.2, 0.25) is 0 Å². The summed E-state index contributed by atoms with van der Waals surface area (Å²) in [4.78, 5) is 25.0. The second-order valence-corrected chi connectivity index (χ2v) is 12.5. The van der Waals surface area contributed by atoms with Crippen molar-refractivity contribution < 1.29 is 23.5 Å². The Morgan fingerprint density at radius 2 is 2.03 bits per heavy atom. The third-order valence-corrected chi connectivity index (χ3v) is 10.4. The number of cyclic esters (lactones) is 1. The van der Waals surface area contributed by atoms with Crippen molar-refractivity contribution >= 4 is 17.5 Å². The molecule has 5 rings (SSSR count). The van der Waals surface area contributed by atoms with Gasteiger partial charge in [-0.15, -0.1) is 0 Å². The third-order valence-electron chi connectivity index (χ3n) is 10.4. The Morgan fingerprint density at radius 1 is 1.21 bits per heavy atom. The number of carbonyl (C=O) groups is 2. The molecule has 8 atom stereocenters. The lowest BCUT2D eigenvalue weighted by atomic mass is 9.50. The molecule has 1 aromatic carbocycles. The zero-order valence-electron chi connectivity index (χ0n) is 23.8. The Morgan fingerprint density at radius 3 is 2.77 bits per heavy atom. The second kappa shape index (κ2) is 11.4. The van der Waals surface area contributed by atoms with Crippen molar-refractivity contribution in [1.29, 1.82) is 0 Å². The first-order valence-corrected chi connectivity index (χ1v) is 14.9. The highest BCUT2D eigenvalue weighted by Crippen LogP contribution is 2.61. The monoisotopic (exact) mass is 534 g/mol. The fourth-order valence-corrected chi connectivity index (χ4v) is 8.13. The van der Waals surface area contributed by atoms with Crippen molar-refractivity contribution in [3.63, 3.8) is 0 Å². The SMILES string of the molecule is CCOC(=O)CC[C@H]1CC[C@@H]2[C@@H](C1)C[C@@H]1C(=O)O[C@H](C)[C@@]1(C)[C@H]2/C=C/C1=CC=C(c2cccc(F)c2)C(C)C1. The summed E-state index contributed by atoms with van der Waals surface area (Å²) in [6.45, 7) is 8.82. The van der Waals surface area contributed by atoms with E-state index in [-0.39, 0.29) is 41.1 Å². The zero-order chi connectivity index (χ0) is 27.7. The standard InChI is InChI=1S/C34H43FO4/c1-5-38-32(36)16-12-24-10-14-29-26(18-24)20-31-33(37)39-22(3)34(31,4)30(29)15-11-23-9-13-28(21(2)17-23)25-7-6-8-27(35)19-25/h6-9,11,13,15,19,21-22,24,26,29-31H,5,10,12,14,16-18,20H2,1-4H3/b15-11+/t21?,22-,24-,26+,29-,30+,31-,34+/m1/s1. The van der Waals surface area contributed by atoms with E-state index in [9.17, 15) is 14.0 Å². The predicted molar refractivity (Wildman–Crippen MR) is 151 cm³/mol. The Balaban J connectivity index is 1.36. The molecule has 0 aromatic heterocycles. The predicted octanol–water partition coefficient (Wildman–Crippen LogP) is 7.70. The van der Waals surface area contributed by atoms with Gasteiger partial charge in [0.25, 0.3) is 0 Å². The highest BCUT2D eigenvalue weighted by Gasteiger charge is 2.61. The van der Waals surface area contributed by atoms with Crippen molar-refractivity contribution in [2.75, 3.05) is 6.61 Å². The third kappa shape index (κ3) is 5.51. The van der Waals surface area contributed by atoms with Crippen molar-refractivity contribution in [3.05, 3.63) is 65.5 Å². The minimum Gasteiger partial charge on any atom is -0.466 e. The Kier molecular flexibility index (Phi) is 8.16. The summed E-state index contributed by atoms with van der Waals surface area (Å²) < 4.78 is 24.8. The van der Waals surface area contributed by atoms with Gasteiger partial charge in [0.2, 0.25) is 0 Å². The van der Waals surface area contributed by atoms with Crippen LogP contribution in [0.1, 0.15) is 78.2 Å². The van der Waals surface area contributed by atoms with Gasteiger partial charge in [-0.05, 0) is 104 Å². The van der Waals surface area contributed by atoms with Crippen LogP contribution < -0.4 is 0 Å². The Bertz CT molecular complexity index is 1180. The summed E-state index contributed by atoms with van der Waals surface area (Å²) in [5.74, 6) is 1.62. The lowest BCUT2D eigenvalue weighted by Crippen LogP contribution is -2.51. The van der Waals surface area contributed by atoms with Crippen LogP contribution in [-0.4, -0.2) is 24.6 Å². The van der Waals surface area contributed by atoms with Gasteiger partial charge in [0.1, 0.15) is 11.9 Å². The molecule has 5 heteroatoms. The molecule has 4 nitrogen and oxygen atoms in total. The van der Waals surface area contributed by atoms with Crippen molar-refractivity contribution in [2.45, 2.75) is 78.7 Å². The molecule has 4 aliphatic rings. The van der Waals surface area contributed by atoms with Crippen LogP contribution in [0.25, 0.3) is 5.57 Å². The molecule has 0 radical (unpaired) electrons. The molecule has 3 fully saturated rings. The van der Waals surface area contributed by atoms with Gasteiger partial charge < -0.3 is 9.47 Å². The summed E-state index contributed by atoms with van der Waals surface area (Å²) in [7, 11) is 0. The van der Waals surface area contributed by atoms with E-state index in [0.717, 1.165) is 44.1 Å². The maximum Gasteiger partial charge on any atom is 0.309 e. The highest BCUT2D eigenvalue weighted by molar-refractivity contribution is 5.77. The van der Waals surface area contributed by atoms with E-state index in [1.54, 1.807) is 12.1 Å². The molecule has 2 saturated carbocycles. The minimum atomic E-state index is -0.212. The molecular formula is C34H43FO4. The zero-order valence-corrected chi connectivity index (χ0v) is 23.8. The van der Waals surface area contributed by atoms with E-state index in [1.165, 1.54) is 17.2 Å². The van der Waals surface area contributed by atoms with E-state index in [2.05, 4.69) is 45.1 Å². The van der Waals surface area contributed by atoms with Gasteiger partial charge in [-0.25, -0.2) is 4.39 Å². The van der Waals surface area contributed by atoms with E-state index >= 15 is 0 Å². The lowest BCUT2D eigenvalue weighted by molar-refractivity contribution is -0.144. The van der Waals surface area contributed by atoms with E-state index < -0.39 is 0 Å². The molecular weight excluding hydrogens is 491 g/mol. The van der Waals surface area contributed by atoms with Gasteiger partial charge >= 0.3 is 11.9 Å². The van der Waals surface area contributed by atoms with Gasteiger partial charge in [0, 0.05) is 11.8 Å². The quantitative estimate of drug-likeness (QED) is 0.337. The van der Waals surface area contributed by atoms with Crippen LogP contribution in [0, 0.1) is 46.7 Å². The topological polar surface area (TPSA) is 52.6 Å². The molecule has 0 bridgehead atoms. The van der Waals surface area contributed by atoms with Crippen LogP contribution in [0.3, 0.4) is 0 Å². The number of benzene rings is 1. The molecule has 1 aliphatic heterocycles. The summed E-state index contributed by atoms with van der Waals surface area (Å²) in [5, 5.41) is 0. The molecule has 1 unspecified atom stereocenters. The minimum absolute atomic E-state index is 0.0383. The first kappa shape index (κ1) is 27.9. The molecule has 39 heavy (non-hydrogen) atoms. The first-order chi connectivity index (χ1) is 18.7. The normalized spacial score (nSPS) is 36.0. The van der Waals surface area contributed by atoms with Crippen LogP contribution in [-0.2, 0) is 19.1 Å². The smallest absolute Gasteiger partial charge is 0.309 e. The first-order valence-electron chi connectivity index (χ1n) is 14.9. The number of hydrogen-bond acceptors (Lipinski definition) is 4. The van der Waals surface area contributed by atoms with Crippen LogP contribution in [0.5, 0.6) is 0 Å². The number of carbonyl (C=O) groups excluding carboxylic acids is 2. The van der Waals surface area contributed by atoms with Gasteiger partial charge in [-0.1, -0.05) is 56.7 Å². The number of esters is 2. The number of fused-ring (bicyclic) bond motifs is 2. The largest absolute Gasteiger partial charge is 0.466 e. The summed E-state index contributed by atoms with van der Waals surface area (Å²) >= 11 is 0. The lowest BCUT2D eigenvalue weighted by Gasteiger charge is -2.53. The van der Waals surface area contributed by atoms with Gasteiger partial charge in [-0.2, -0.15) is 0 Å². The summed E-state index contributed by atoms with van der Waals surface area (Å²) in [6, 6.07) is 6.84. The van der Waals surface area contributed by atoms with Crippen LogP contribution in [0.4, 0.5) is 4.39 Å². The second-order valence-electron chi connectivity index (χ2n) is 12.5. The maximum absolute atomic E-state index is 13.8. The van der Waals surface area contributed by atoms with Gasteiger partial charge in [-0.3, -0.25) is 9.59 Å². The fourth-order valence-electron chi connectivity index (χ4n) is 8.13. The molecule has 0 spiro atoms. The molecule has 0 N–H and O–H groups in total. The number of allylic oxidation sites excluding steroid dienone is 6. The van der Waals surface area contributed by atoms with Gasteiger partial charge in [0.15, 0.2) is 0 Å². The van der Waals surface area contributed by atoms with Crippen molar-refractivity contribution in [1.82, 2.24) is 0 Å². The highest BCUT2D eigenvalue weighted by atomic mass is 19.1. The Labute approximate surface area is 232 Å². The van der Waals surface area contributed by atoms with E-state index in [1.807, 2.05) is 13.0 Å². The van der Waals surface area contributed by atoms with Crippen LogP contribution in [0.15, 0.2) is 54.1 Å². The molecule has 1 aromatic rings. The summed E-state index contributed by atoms with van der Waals surface area (Å²) in [6.07, 6.45) is 15.3. The van der Waals surface area contributed by atoms with Crippen LogP contribution >= 0.6 is 0 Å². The average molecular weight is 535 g/mol. The van der Waals surface area contributed by atoms with E-state index in [0.29, 0.717) is 36.7 Å². The molecule has 0 amide bonds.